The zero-order chi connectivity index (χ0) is 15.0. The number of nitro benzene ring substituents is 1. The first-order valence-corrected chi connectivity index (χ1v) is 7.63. The summed E-state index contributed by atoms with van der Waals surface area (Å²) in [5.74, 6) is 0.575. The number of ether oxygens (including phenoxy) is 1. The van der Waals surface area contributed by atoms with Crippen molar-refractivity contribution in [3.8, 4) is 5.75 Å². The molecule has 2 saturated carbocycles. The molecule has 5 nitrogen and oxygen atoms in total. The lowest BCUT2D eigenvalue weighted by molar-refractivity contribution is -0.385. The van der Waals surface area contributed by atoms with E-state index in [-0.39, 0.29) is 23.3 Å². The first-order chi connectivity index (χ1) is 10.0. The number of hydrogen-bond donors (Lipinski definition) is 1. The maximum atomic E-state index is 10.9. The number of aryl methyl sites for hydroxylation is 1. The first kappa shape index (κ1) is 14.3. The van der Waals surface area contributed by atoms with Crippen LogP contribution in [-0.2, 0) is 0 Å². The van der Waals surface area contributed by atoms with Crippen LogP contribution in [0.3, 0.4) is 0 Å². The summed E-state index contributed by atoms with van der Waals surface area (Å²) in [6, 6.07) is 4.71. The molecule has 0 saturated heterocycles. The minimum atomic E-state index is -0.404. The number of hydrogen-bond acceptors (Lipinski definition) is 4. The fourth-order valence-corrected chi connectivity index (χ4v) is 3.74. The lowest BCUT2D eigenvalue weighted by Crippen LogP contribution is -2.60. The maximum Gasteiger partial charge on any atom is 0.273 e. The molecule has 5 heteroatoms. The Labute approximate surface area is 124 Å². The molecule has 3 rings (SSSR count). The summed E-state index contributed by atoms with van der Waals surface area (Å²) in [4.78, 5) is 10.5. The number of aliphatic hydroxyl groups is 1. The molecule has 1 spiro atoms. The van der Waals surface area contributed by atoms with Crippen molar-refractivity contribution in [3.05, 3.63) is 33.9 Å². The van der Waals surface area contributed by atoms with Gasteiger partial charge in [-0.25, -0.2) is 0 Å². The third kappa shape index (κ3) is 2.39. The molecule has 2 aliphatic rings. The first-order valence-electron chi connectivity index (χ1n) is 7.63. The van der Waals surface area contributed by atoms with Crippen molar-refractivity contribution in [1.29, 1.82) is 0 Å². The lowest BCUT2D eigenvalue weighted by Gasteiger charge is -2.55. The van der Waals surface area contributed by atoms with Crippen LogP contribution in [0, 0.1) is 22.5 Å². The van der Waals surface area contributed by atoms with Crippen LogP contribution in [0.5, 0.6) is 5.75 Å². The van der Waals surface area contributed by atoms with Gasteiger partial charge in [0.05, 0.1) is 17.1 Å². The van der Waals surface area contributed by atoms with E-state index in [0.717, 1.165) is 31.2 Å². The Bertz CT molecular complexity index is 551. The molecule has 2 unspecified atom stereocenters. The fraction of sp³-hybridized carbons (Fsp3) is 0.625. The van der Waals surface area contributed by atoms with Gasteiger partial charge >= 0.3 is 0 Å². The largest absolute Gasteiger partial charge is 0.489 e. The lowest BCUT2D eigenvalue weighted by atomic mass is 9.56. The average molecular weight is 291 g/mol. The highest BCUT2D eigenvalue weighted by atomic mass is 16.6. The van der Waals surface area contributed by atoms with Crippen LogP contribution in [0.15, 0.2) is 18.2 Å². The van der Waals surface area contributed by atoms with E-state index in [1.807, 2.05) is 6.92 Å². The van der Waals surface area contributed by atoms with Gasteiger partial charge in [-0.3, -0.25) is 10.1 Å². The second kappa shape index (κ2) is 5.30. The third-order valence-electron chi connectivity index (χ3n) is 5.18. The summed E-state index contributed by atoms with van der Waals surface area (Å²) in [5, 5.41) is 21.1. The van der Waals surface area contributed by atoms with Crippen LogP contribution in [0.2, 0.25) is 0 Å². The SMILES string of the molecule is Cc1ccc([N+](=O)[O-])cc1OC1CC(O)C12CCCCC2. The van der Waals surface area contributed by atoms with Gasteiger partial charge in [-0.1, -0.05) is 19.3 Å². The van der Waals surface area contributed by atoms with Crippen molar-refractivity contribution in [2.75, 3.05) is 0 Å². The highest BCUT2D eigenvalue weighted by Crippen LogP contribution is 2.53. The van der Waals surface area contributed by atoms with Crippen LogP contribution < -0.4 is 4.74 Å². The summed E-state index contributed by atoms with van der Waals surface area (Å²) in [7, 11) is 0. The molecule has 0 aromatic heterocycles. The van der Waals surface area contributed by atoms with Crippen molar-refractivity contribution in [2.45, 2.75) is 57.7 Å². The summed E-state index contributed by atoms with van der Waals surface area (Å²) in [5.41, 5.74) is 0.816. The summed E-state index contributed by atoms with van der Waals surface area (Å²) in [6.45, 7) is 1.89. The van der Waals surface area contributed by atoms with E-state index in [1.165, 1.54) is 18.6 Å². The number of non-ortho nitro benzene ring substituents is 1. The standard InChI is InChI=1S/C16H21NO4/c1-11-5-6-12(17(19)20)9-13(11)21-15-10-14(18)16(15)7-3-2-4-8-16/h5-6,9,14-15,18H,2-4,7-8,10H2,1H3. The van der Waals surface area contributed by atoms with Crippen LogP contribution in [0.1, 0.15) is 44.1 Å². The van der Waals surface area contributed by atoms with E-state index in [1.54, 1.807) is 6.07 Å². The second-order valence-corrected chi connectivity index (χ2v) is 6.36. The molecule has 0 amide bonds. The van der Waals surface area contributed by atoms with Crippen LogP contribution in [-0.4, -0.2) is 22.2 Å². The molecule has 1 aromatic carbocycles. The number of nitro groups is 1. The molecular weight excluding hydrogens is 270 g/mol. The topological polar surface area (TPSA) is 72.6 Å². The van der Waals surface area contributed by atoms with Crippen molar-refractivity contribution >= 4 is 5.69 Å². The quantitative estimate of drug-likeness (QED) is 0.684. The molecule has 0 bridgehead atoms. The molecule has 1 aromatic rings. The minimum Gasteiger partial charge on any atom is -0.489 e. The summed E-state index contributed by atoms with van der Waals surface area (Å²) < 4.78 is 6.07. The highest BCUT2D eigenvalue weighted by Gasteiger charge is 2.56. The van der Waals surface area contributed by atoms with Crippen molar-refractivity contribution in [1.82, 2.24) is 0 Å². The molecule has 0 heterocycles. The number of benzene rings is 1. The molecule has 0 radical (unpaired) electrons. The number of rotatable bonds is 3. The maximum absolute atomic E-state index is 10.9. The summed E-state index contributed by atoms with van der Waals surface area (Å²) >= 11 is 0. The number of aliphatic hydroxyl groups excluding tert-OH is 1. The molecule has 2 fully saturated rings. The molecule has 1 N–H and O–H groups in total. The zero-order valence-corrected chi connectivity index (χ0v) is 12.2. The molecule has 114 valence electrons. The second-order valence-electron chi connectivity index (χ2n) is 6.36. The Morgan fingerprint density at radius 3 is 2.67 bits per heavy atom. The monoisotopic (exact) mass is 291 g/mol. The normalized spacial score (nSPS) is 27.1. The van der Waals surface area contributed by atoms with Gasteiger partial charge < -0.3 is 9.84 Å². The van der Waals surface area contributed by atoms with E-state index in [2.05, 4.69) is 0 Å². The Morgan fingerprint density at radius 2 is 2.05 bits per heavy atom. The average Bonchev–Trinajstić information content (AvgIpc) is 2.49. The van der Waals surface area contributed by atoms with Gasteiger partial charge in [-0.15, -0.1) is 0 Å². The van der Waals surface area contributed by atoms with Gasteiger partial charge in [0, 0.05) is 17.9 Å². The predicted molar refractivity (Wildman–Crippen MR) is 78.4 cm³/mol. The van der Waals surface area contributed by atoms with E-state index >= 15 is 0 Å². The van der Waals surface area contributed by atoms with Crippen LogP contribution >= 0.6 is 0 Å². The molecule has 21 heavy (non-hydrogen) atoms. The zero-order valence-electron chi connectivity index (χ0n) is 12.2. The van der Waals surface area contributed by atoms with Gasteiger partial charge in [0.15, 0.2) is 0 Å². The Balaban J connectivity index is 1.80. The van der Waals surface area contributed by atoms with Crippen LogP contribution in [0.25, 0.3) is 0 Å². The Kier molecular flexibility index (Phi) is 3.61. The highest BCUT2D eigenvalue weighted by molar-refractivity contribution is 5.44. The van der Waals surface area contributed by atoms with Gasteiger partial charge in [0.2, 0.25) is 0 Å². The van der Waals surface area contributed by atoms with E-state index in [4.69, 9.17) is 4.74 Å². The van der Waals surface area contributed by atoms with E-state index in [9.17, 15) is 15.2 Å². The summed E-state index contributed by atoms with van der Waals surface area (Å²) in [6.07, 6.45) is 5.78. The Morgan fingerprint density at radius 1 is 1.33 bits per heavy atom. The van der Waals surface area contributed by atoms with Crippen molar-refractivity contribution < 1.29 is 14.8 Å². The number of nitrogens with zero attached hydrogens (tertiary/aromatic N) is 1. The van der Waals surface area contributed by atoms with Gasteiger partial charge in [-0.05, 0) is 31.4 Å². The van der Waals surface area contributed by atoms with E-state index < -0.39 is 4.92 Å². The smallest absolute Gasteiger partial charge is 0.273 e. The fourth-order valence-electron chi connectivity index (χ4n) is 3.74. The van der Waals surface area contributed by atoms with Gasteiger partial charge in [0.25, 0.3) is 5.69 Å². The van der Waals surface area contributed by atoms with Crippen molar-refractivity contribution in [2.24, 2.45) is 5.41 Å². The molecule has 2 atom stereocenters. The van der Waals surface area contributed by atoms with Crippen LogP contribution in [0.4, 0.5) is 5.69 Å². The third-order valence-corrected chi connectivity index (χ3v) is 5.18. The molecule has 0 aliphatic heterocycles. The van der Waals surface area contributed by atoms with Crippen molar-refractivity contribution in [3.63, 3.8) is 0 Å². The molecule has 2 aliphatic carbocycles. The van der Waals surface area contributed by atoms with Gasteiger partial charge in [-0.2, -0.15) is 0 Å². The van der Waals surface area contributed by atoms with E-state index in [0.29, 0.717) is 12.2 Å². The minimum absolute atomic E-state index is 0.0199. The Hall–Kier alpha value is -1.62. The predicted octanol–water partition coefficient (Wildman–Crippen LogP) is 3.37. The molecular formula is C16H21NO4. The van der Waals surface area contributed by atoms with Gasteiger partial charge in [0.1, 0.15) is 11.9 Å².